The standard InChI is InChI=1S/C21H27F3N4O2/c1-27-9-7-16(8-10-27)17(29)25-26-18(30)19-12-20(19,21(22,23)24)14-28(13-19)11-15-5-3-2-4-6-15/h2-6,16H,7-14H2,1H3,(H,25,29)(H,26,30)/t19-,20-/m0/s1. The number of amides is 2. The van der Waals surface area contributed by atoms with Gasteiger partial charge in [-0.3, -0.25) is 25.3 Å². The summed E-state index contributed by atoms with van der Waals surface area (Å²) in [5, 5.41) is 0. The van der Waals surface area contributed by atoms with E-state index in [9.17, 15) is 22.8 Å². The van der Waals surface area contributed by atoms with Gasteiger partial charge in [0.25, 0.3) is 0 Å². The maximum absolute atomic E-state index is 13.9. The van der Waals surface area contributed by atoms with E-state index in [1.54, 1.807) is 4.90 Å². The Bertz CT molecular complexity index is 810. The van der Waals surface area contributed by atoms with Crippen LogP contribution in [0.5, 0.6) is 0 Å². The Hall–Kier alpha value is -2.13. The second-order valence-corrected chi connectivity index (χ2v) is 8.99. The van der Waals surface area contributed by atoms with E-state index in [4.69, 9.17) is 0 Å². The number of halogens is 3. The van der Waals surface area contributed by atoms with Gasteiger partial charge in [0, 0.05) is 25.6 Å². The van der Waals surface area contributed by atoms with Gasteiger partial charge in [-0.1, -0.05) is 30.3 Å². The molecule has 2 amide bonds. The number of hydrogen-bond acceptors (Lipinski definition) is 4. The lowest BCUT2D eigenvalue weighted by molar-refractivity contribution is -0.194. The Morgan fingerprint density at radius 3 is 2.40 bits per heavy atom. The van der Waals surface area contributed by atoms with E-state index in [2.05, 4.69) is 15.8 Å². The molecule has 0 spiro atoms. The molecule has 1 aromatic carbocycles. The quantitative estimate of drug-likeness (QED) is 0.725. The van der Waals surface area contributed by atoms with E-state index < -0.39 is 22.9 Å². The molecule has 0 radical (unpaired) electrons. The van der Waals surface area contributed by atoms with Crippen molar-refractivity contribution in [3.8, 4) is 0 Å². The van der Waals surface area contributed by atoms with Crippen LogP contribution in [0.25, 0.3) is 0 Å². The van der Waals surface area contributed by atoms with Crippen molar-refractivity contribution in [1.29, 1.82) is 0 Å². The zero-order chi connectivity index (χ0) is 21.6. The molecule has 2 heterocycles. The third-order valence-corrected chi connectivity index (χ3v) is 7.00. The third-order valence-electron chi connectivity index (χ3n) is 7.00. The highest BCUT2D eigenvalue weighted by atomic mass is 19.4. The highest BCUT2D eigenvalue weighted by Crippen LogP contribution is 2.74. The highest BCUT2D eigenvalue weighted by molar-refractivity contribution is 5.90. The largest absolute Gasteiger partial charge is 0.396 e. The van der Waals surface area contributed by atoms with Crippen molar-refractivity contribution in [1.82, 2.24) is 20.7 Å². The van der Waals surface area contributed by atoms with Crippen molar-refractivity contribution in [3.05, 3.63) is 35.9 Å². The van der Waals surface area contributed by atoms with Gasteiger partial charge in [0.2, 0.25) is 11.8 Å². The van der Waals surface area contributed by atoms with Crippen molar-refractivity contribution in [3.63, 3.8) is 0 Å². The van der Waals surface area contributed by atoms with E-state index in [-0.39, 0.29) is 31.3 Å². The first-order chi connectivity index (χ1) is 14.2. The summed E-state index contributed by atoms with van der Waals surface area (Å²) in [6, 6.07) is 9.25. The summed E-state index contributed by atoms with van der Waals surface area (Å²) in [6.07, 6.45) is -3.38. The normalized spacial score (nSPS) is 30.0. The zero-order valence-corrected chi connectivity index (χ0v) is 17.0. The molecule has 4 rings (SSSR count). The molecular weight excluding hydrogens is 397 g/mol. The Morgan fingerprint density at radius 2 is 1.77 bits per heavy atom. The number of fused-ring (bicyclic) bond motifs is 1. The van der Waals surface area contributed by atoms with Crippen molar-refractivity contribution >= 4 is 11.8 Å². The van der Waals surface area contributed by atoms with Crippen LogP contribution in [0.3, 0.4) is 0 Å². The monoisotopic (exact) mass is 424 g/mol. The average molecular weight is 424 g/mol. The molecule has 3 fully saturated rings. The number of hydrogen-bond donors (Lipinski definition) is 2. The summed E-state index contributed by atoms with van der Waals surface area (Å²) >= 11 is 0. The summed E-state index contributed by atoms with van der Waals surface area (Å²) < 4.78 is 41.8. The average Bonchev–Trinajstić information content (AvgIpc) is 3.25. The number of likely N-dealkylation sites (tertiary alicyclic amines) is 2. The number of carbonyl (C=O) groups excluding carboxylic acids is 2. The maximum Gasteiger partial charge on any atom is 0.396 e. The van der Waals surface area contributed by atoms with Crippen LogP contribution in [0.1, 0.15) is 24.8 Å². The molecule has 0 aromatic heterocycles. The first-order valence-corrected chi connectivity index (χ1v) is 10.3. The fourth-order valence-corrected chi connectivity index (χ4v) is 5.10. The molecule has 164 valence electrons. The number of alkyl halides is 3. The van der Waals surface area contributed by atoms with Crippen LogP contribution in [0.15, 0.2) is 30.3 Å². The number of hydrazine groups is 1. The first-order valence-electron chi connectivity index (χ1n) is 10.3. The molecule has 9 heteroatoms. The molecule has 2 atom stereocenters. The smallest absolute Gasteiger partial charge is 0.306 e. The van der Waals surface area contributed by atoms with Gasteiger partial charge >= 0.3 is 6.18 Å². The Balaban J connectivity index is 1.41. The summed E-state index contributed by atoms with van der Waals surface area (Å²) in [7, 11) is 1.97. The number of rotatable bonds is 4. The minimum atomic E-state index is -4.48. The predicted octanol–water partition coefficient (Wildman–Crippen LogP) is 1.93. The van der Waals surface area contributed by atoms with Crippen molar-refractivity contribution in [2.24, 2.45) is 16.7 Å². The van der Waals surface area contributed by atoms with Gasteiger partial charge in [0.1, 0.15) is 0 Å². The summed E-state index contributed by atoms with van der Waals surface area (Å²) in [5.41, 5.74) is 2.02. The second kappa shape index (κ2) is 7.53. The molecule has 2 saturated heterocycles. The van der Waals surface area contributed by atoms with E-state index in [1.165, 1.54) is 0 Å². The molecule has 0 bridgehead atoms. The van der Waals surface area contributed by atoms with E-state index in [1.807, 2.05) is 37.4 Å². The molecule has 3 aliphatic rings. The van der Waals surface area contributed by atoms with Crippen molar-refractivity contribution < 1.29 is 22.8 Å². The van der Waals surface area contributed by atoms with Crippen LogP contribution < -0.4 is 10.9 Å². The number of piperidine rings is 2. The molecule has 1 saturated carbocycles. The van der Waals surface area contributed by atoms with Gasteiger partial charge in [-0.15, -0.1) is 0 Å². The predicted molar refractivity (Wildman–Crippen MR) is 104 cm³/mol. The zero-order valence-electron chi connectivity index (χ0n) is 17.0. The van der Waals surface area contributed by atoms with Gasteiger partial charge in [-0.25, -0.2) is 0 Å². The Morgan fingerprint density at radius 1 is 1.10 bits per heavy atom. The minimum absolute atomic E-state index is 0.0251. The summed E-state index contributed by atoms with van der Waals surface area (Å²) in [6.45, 7) is 1.73. The maximum atomic E-state index is 13.9. The Kier molecular flexibility index (Phi) is 5.30. The van der Waals surface area contributed by atoms with Crippen LogP contribution in [0.2, 0.25) is 0 Å². The van der Waals surface area contributed by atoms with Crippen LogP contribution in [0.4, 0.5) is 13.2 Å². The summed E-state index contributed by atoms with van der Waals surface area (Å²) in [5.74, 6) is -1.30. The van der Waals surface area contributed by atoms with Crippen LogP contribution in [0, 0.1) is 16.7 Å². The minimum Gasteiger partial charge on any atom is -0.306 e. The van der Waals surface area contributed by atoms with Gasteiger partial charge in [0.05, 0.1) is 10.8 Å². The molecule has 6 nitrogen and oxygen atoms in total. The fourth-order valence-electron chi connectivity index (χ4n) is 5.10. The lowest BCUT2D eigenvalue weighted by Gasteiger charge is -2.28. The van der Waals surface area contributed by atoms with Crippen molar-refractivity contribution in [2.45, 2.75) is 32.0 Å². The molecule has 2 N–H and O–H groups in total. The lowest BCUT2D eigenvalue weighted by Crippen LogP contribution is -2.51. The molecule has 30 heavy (non-hydrogen) atoms. The first kappa shape index (κ1) is 21.1. The van der Waals surface area contributed by atoms with Gasteiger partial charge in [-0.2, -0.15) is 13.2 Å². The number of carbonyl (C=O) groups is 2. The van der Waals surface area contributed by atoms with Crippen LogP contribution in [-0.4, -0.2) is 61.0 Å². The van der Waals surface area contributed by atoms with Crippen LogP contribution in [-0.2, 0) is 16.1 Å². The molecule has 2 aliphatic heterocycles. The third kappa shape index (κ3) is 3.58. The van der Waals surface area contributed by atoms with E-state index in [0.29, 0.717) is 19.4 Å². The number of nitrogens with zero attached hydrogens (tertiary/aromatic N) is 2. The SMILES string of the molecule is CN1CCC(C(=O)NNC(=O)[C@]23CN(Cc4ccccc4)C[C@@]2(C(F)(F)F)C3)CC1. The molecular formula is C21H27F3N4O2. The lowest BCUT2D eigenvalue weighted by atomic mass is 9.95. The van der Waals surface area contributed by atoms with Crippen molar-refractivity contribution in [2.75, 3.05) is 33.2 Å². The van der Waals surface area contributed by atoms with E-state index >= 15 is 0 Å². The summed E-state index contributed by atoms with van der Waals surface area (Å²) in [4.78, 5) is 29.0. The molecule has 0 unspecified atom stereocenters. The van der Waals surface area contributed by atoms with Crippen LogP contribution >= 0.6 is 0 Å². The highest BCUT2D eigenvalue weighted by Gasteiger charge is 2.86. The van der Waals surface area contributed by atoms with Gasteiger partial charge < -0.3 is 4.90 Å². The fraction of sp³-hybridized carbons (Fsp3) is 0.619. The van der Waals surface area contributed by atoms with Gasteiger partial charge in [0.15, 0.2) is 0 Å². The molecule has 1 aliphatic carbocycles. The van der Waals surface area contributed by atoms with E-state index in [0.717, 1.165) is 18.7 Å². The number of nitrogens with one attached hydrogen (secondary N) is 2. The second-order valence-electron chi connectivity index (χ2n) is 8.99. The number of benzene rings is 1. The Labute approximate surface area is 173 Å². The molecule has 1 aromatic rings. The topological polar surface area (TPSA) is 64.7 Å². The van der Waals surface area contributed by atoms with Gasteiger partial charge in [-0.05, 0) is 45.0 Å².